The molecule has 0 radical (unpaired) electrons. The normalized spacial score (nSPS) is 25.8. The Morgan fingerprint density at radius 3 is 2.69 bits per heavy atom. The van der Waals surface area contributed by atoms with Gasteiger partial charge in [0.25, 0.3) is 0 Å². The molecule has 2 unspecified atom stereocenters. The van der Waals surface area contributed by atoms with Gasteiger partial charge in [0, 0.05) is 25.6 Å². The van der Waals surface area contributed by atoms with E-state index in [1.54, 1.807) is 0 Å². The van der Waals surface area contributed by atoms with E-state index in [1.165, 1.54) is 19.3 Å². The number of carbonyl (C=O) groups is 1. The fourth-order valence-corrected chi connectivity index (χ4v) is 2.52. The Bertz CT molecular complexity index is 218. The van der Waals surface area contributed by atoms with Crippen LogP contribution in [-0.2, 0) is 4.79 Å². The van der Waals surface area contributed by atoms with Crippen LogP contribution in [0, 0.1) is 5.92 Å². The Labute approximate surface area is 99.4 Å². The summed E-state index contributed by atoms with van der Waals surface area (Å²) < 4.78 is 0. The van der Waals surface area contributed by atoms with Gasteiger partial charge in [-0.3, -0.25) is 4.79 Å². The van der Waals surface area contributed by atoms with Crippen molar-refractivity contribution in [2.24, 2.45) is 11.7 Å². The topological polar surface area (TPSA) is 46.3 Å². The maximum atomic E-state index is 11.8. The maximum Gasteiger partial charge on any atom is 0.222 e. The number of rotatable bonds is 5. The second-order valence-electron chi connectivity index (χ2n) is 5.05. The van der Waals surface area contributed by atoms with E-state index >= 15 is 0 Å². The molecule has 94 valence electrons. The molecule has 1 saturated heterocycles. The number of hydrogen-bond donors (Lipinski definition) is 1. The molecule has 2 N–H and O–H groups in total. The zero-order chi connectivity index (χ0) is 12.0. The highest BCUT2D eigenvalue weighted by atomic mass is 16.2. The lowest BCUT2D eigenvalue weighted by molar-refractivity contribution is -0.133. The van der Waals surface area contributed by atoms with Gasteiger partial charge in [0.1, 0.15) is 0 Å². The number of amides is 1. The van der Waals surface area contributed by atoms with Crippen LogP contribution < -0.4 is 5.73 Å². The predicted molar refractivity (Wildman–Crippen MR) is 67.1 cm³/mol. The van der Waals surface area contributed by atoms with E-state index in [0.29, 0.717) is 18.2 Å². The van der Waals surface area contributed by atoms with Crippen LogP contribution in [0.1, 0.15) is 52.4 Å². The fraction of sp³-hybridized carbons (Fsp3) is 0.923. The van der Waals surface area contributed by atoms with Crippen LogP contribution in [0.15, 0.2) is 0 Å². The molecule has 0 aliphatic carbocycles. The van der Waals surface area contributed by atoms with Crippen LogP contribution in [0.2, 0.25) is 0 Å². The molecular weight excluding hydrogens is 200 g/mol. The Kier molecular flexibility index (Phi) is 5.81. The van der Waals surface area contributed by atoms with Gasteiger partial charge in [0.15, 0.2) is 0 Å². The molecule has 0 aromatic rings. The molecule has 3 heteroatoms. The molecule has 3 nitrogen and oxygen atoms in total. The molecule has 0 bridgehead atoms. The zero-order valence-electron chi connectivity index (χ0n) is 10.7. The molecule has 0 spiro atoms. The molecule has 1 fully saturated rings. The van der Waals surface area contributed by atoms with Gasteiger partial charge in [0.2, 0.25) is 5.91 Å². The molecule has 1 aliphatic rings. The van der Waals surface area contributed by atoms with E-state index in [1.807, 2.05) is 4.90 Å². The van der Waals surface area contributed by atoms with E-state index in [9.17, 15) is 4.79 Å². The average Bonchev–Trinajstić information content (AvgIpc) is 2.26. The van der Waals surface area contributed by atoms with Gasteiger partial charge in [-0.05, 0) is 25.2 Å². The van der Waals surface area contributed by atoms with Crippen LogP contribution >= 0.6 is 0 Å². The van der Waals surface area contributed by atoms with Crippen molar-refractivity contribution in [2.75, 3.05) is 13.1 Å². The van der Waals surface area contributed by atoms with Crippen LogP contribution in [0.5, 0.6) is 0 Å². The van der Waals surface area contributed by atoms with Crippen LogP contribution in [0.3, 0.4) is 0 Å². The average molecular weight is 226 g/mol. The van der Waals surface area contributed by atoms with Gasteiger partial charge in [-0.25, -0.2) is 0 Å². The predicted octanol–water partition coefficient (Wildman–Crippen LogP) is 2.15. The summed E-state index contributed by atoms with van der Waals surface area (Å²) in [4.78, 5) is 13.8. The van der Waals surface area contributed by atoms with E-state index < -0.39 is 0 Å². The second-order valence-corrected chi connectivity index (χ2v) is 5.05. The summed E-state index contributed by atoms with van der Waals surface area (Å²) >= 11 is 0. The number of piperidine rings is 1. The van der Waals surface area contributed by atoms with Crippen molar-refractivity contribution in [3.63, 3.8) is 0 Å². The van der Waals surface area contributed by atoms with Crippen LogP contribution in [-0.4, -0.2) is 29.9 Å². The molecule has 1 amide bonds. The minimum absolute atomic E-state index is 0.191. The summed E-state index contributed by atoms with van der Waals surface area (Å²) in [6.07, 6.45) is 6.41. The summed E-state index contributed by atoms with van der Waals surface area (Å²) in [6.45, 7) is 5.97. The van der Waals surface area contributed by atoms with E-state index in [2.05, 4.69) is 13.8 Å². The van der Waals surface area contributed by atoms with Gasteiger partial charge in [-0.1, -0.05) is 26.7 Å². The molecule has 0 saturated carbocycles. The molecule has 16 heavy (non-hydrogen) atoms. The van der Waals surface area contributed by atoms with Gasteiger partial charge >= 0.3 is 0 Å². The number of hydrogen-bond acceptors (Lipinski definition) is 2. The van der Waals surface area contributed by atoms with E-state index in [4.69, 9.17) is 5.73 Å². The highest BCUT2D eigenvalue weighted by Gasteiger charge is 2.26. The third-order valence-corrected chi connectivity index (χ3v) is 3.35. The summed E-state index contributed by atoms with van der Waals surface area (Å²) in [6, 6.07) is 0.191. The highest BCUT2D eigenvalue weighted by Crippen LogP contribution is 2.21. The standard InChI is InChI=1S/C13H26N2O/c1-3-5-7-11-8-12(14)10-15(9-11)13(16)6-4-2/h11-12H,3-10,14H2,1-2H3. The van der Waals surface area contributed by atoms with Crippen LogP contribution in [0.4, 0.5) is 0 Å². The lowest BCUT2D eigenvalue weighted by atomic mass is 9.90. The largest absolute Gasteiger partial charge is 0.341 e. The first-order valence-electron chi connectivity index (χ1n) is 6.70. The van der Waals surface area contributed by atoms with E-state index in [-0.39, 0.29) is 6.04 Å². The smallest absolute Gasteiger partial charge is 0.222 e. The van der Waals surface area contributed by atoms with Crippen molar-refractivity contribution in [3.05, 3.63) is 0 Å². The molecule has 1 heterocycles. The summed E-state index contributed by atoms with van der Waals surface area (Å²) in [7, 11) is 0. The van der Waals surface area contributed by atoms with Gasteiger partial charge < -0.3 is 10.6 Å². The number of nitrogens with zero attached hydrogens (tertiary/aromatic N) is 1. The first-order valence-corrected chi connectivity index (χ1v) is 6.70. The Balaban J connectivity index is 2.43. The van der Waals surface area contributed by atoms with Gasteiger partial charge in [0.05, 0.1) is 0 Å². The quantitative estimate of drug-likeness (QED) is 0.781. The van der Waals surface area contributed by atoms with Crippen molar-refractivity contribution < 1.29 is 4.79 Å². The summed E-state index contributed by atoms with van der Waals surface area (Å²) in [5.74, 6) is 0.920. The third kappa shape index (κ3) is 4.12. The first kappa shape index (κ1) is 13.5. The Morgan fingerprint density at radius 1 is 1.31 bits per heavy atom. The molecule has 2 atom stereocenters. The van der Waals surface area contributed by atoms with Gasteiger partial charge in [-0.2, -0.15) is 0 Å². The molecule has 0 aromatic heterocycles. The van der Waals surface area contributed by atoms with Crippen molar-refractivity contribution in [1.82, 2.24) is 4.90 Å². The minimum atomic E-state index is 0.191. The SMILES string of the molecule is CCCCC1CC(N)CN(C(=O)CCC)C1. The van der Waals surface area contributed by atoms with Crippen molar-refractivity contribution in [2.45, 2.75) is 58.4 Å². The first-order chi connectivity index (χ1) is 7.67. The summed E-state index contributed by atoms with van der Waals surface area (Å²) in [5, 5.41) is 0. The van der Waals surface area contributed by atoms with Crippen molar-refractivity contribution in [1.29, 1.82) is 0 Å². The Hall–Kier alpha value is -0.570. The van der Waals surface area contributed by atoms with Crippen LogP contribution in [0.25, 0.3) is 0 Å². The lowest BCUT2D eigenvalue weighted by Gasteiger charge is -2.36. The summed E-state index contributed by atoms with van der Waals surface area (Å²) in [5.41, 5.74) is 6.03. The van der Waals surface area contributed by atoms with Crippen molar-refractivity contribution >= 4 is 5.91 Å². The lowest BCUT2D eigenvalue weighted by Crippen LogP contribution is -2.49. The van der Waals surface area contributed by atoms with Crippen molar-refractivity contribution in [3.8, 4) is 0 Å². The number of likely N-dealkylation sites (tertiary alicyclic amines) is 1. The monoisotopic (exact) mass is 226 g/mol. The number of unbranched alkanes of at least 4 members (excludes halogenated alkanes) is 1. The van der Waals surface area contributed by atoms with Gasteiger partial charge in [-0.15, -0.1) is 0 Å². The fourth-order valence-electron chi connectivity index (χ4n) is 2.52. The maximum absolute atomic E-state index is 11.8. The number of carbonyl (C=O) groups excluding carboxylic acids is 1. The minimum Gasteiger partial charge on any atom is -0.341 e. The zero-order valence-corrected chi connectivity index (χ0v) is 10.7. The molecular formula is C13H26N2O. The Morgan fingerprint density at radius 2 is 2.06 bits per heavy atom. The highest BCUT2D eigenvalue weighted by molar-refractivity contribution is 5.76. The third-order valence-electron chi connectivity index (χ3n) is 3.35. The molecule has 1 aliphatic heterocycles. The molecule has 1 rings (SSSR count). The van der Waals surface area contributed by atoms with E-state index in [0.717, 1.165) is 25.9 Å². The number of nitrogens with two attached hydrogens (primary N) is 1. The second kappa shape index (κ2) is 6.89. The molecule has 0 aromatic carbocycles.